The molecule has 0 saturated heterocycles. The SMILES string of the molecule is NC(=S)c1ccc(NCC(F)(F)C(F)F)cn1. The second-order valence-electron chi connectivity index (χ2n) is 3.21. The van der Waals surface area contributed by atoms with Crippen molar-refractivity contribution in [1.82, 2.24) is 4.98 Å². The van der Waals surface area contributed by atoms with Crippen LogP contribution in [0.4, 0.5) is 23.2 Å². The van der Waals surface area contributed by atoms with E-state index in [1.165, 1.54) is 18.3 Å². The number of thiocarbonyl (C=S) groups is 1. The lowest BCUT2D eigenvalue weighted by molar-refractivity contribution is -0.117. The normalized spacial score (nSPS) is 11.6. The minimum atomic E-state index is -4.08. The third kappa shape index (κ3) is 3.81. The Hall–Kier alpha value is -1.44. The van der Waals surface area contributed by atoms with E-state index in [9.17, 15) is 17.6 Å². The van der Waals surface area contributed by atoms with Crippen molar-refractivity contribution in [3.63, 3.8) is 0 Å². The van der Waals surface area contributed by atoms with E-state index in [-0.39, 0.29) is 10.7 Å². The molecular formula is C9H9F4N3S. The van der Waals surface area contributed by atoms with Crippen molar-refractivity contribution >= 4 is 22.9 Å². The lowest BCUT2D eigenvalue weighted by Crippen LogP contribution is -2.34. The zero-order chi connectivity index (χ0) is 13.1. The predicted octanol–water partition coefficient (Wildman–Crippen LogP) is 2.03. The summed E-state index contributed by atoms with van der Waals surface area (Å²) in [6, 6.07) is 2.79. The first-order chi connectivity index (χ1) is 7.83. The van der Waals surface area contributed by atoms with E-state index in [0.717, 1.165) is 0 Å². The fourth-order valence-corrected chi connectivity index (χ4v) is 1.06. The molecule has 0 spiro atoms. The van der Waals surface area contributed by atoms with E-state index in [4.69, 9.17) is 5.73 Å². The first-order valence-electron chi connectivity index (χ1n) is 4.48. The average molecular weight is 267 g/mol. The summed E-state index contributed by atoms with van der Waals surface area (Å²) < 4.78 is 48.8. The van der Waals surface area contributed by atoms with Gasteiger partial charge in [0.25, 0.3) is 0 Å². The van der Waals surface area contributed by atoms with Crippen LogP contribution in [-0.2, 0) is 0 Å². The van der Waals surface area contributed by atoms with E-state index in [1.54, 1.807) is 0 Å². The topological polar surface area (TPSA) is 50.9 Å². The molecule has 1 aromatic rings. The molecule has 1 heterocycles. The maximum Gasteiger partial charge on any atom is 0.324 e. The quantitative estimate of drug-likeness (QED) is 0.633. The van der Waals surface area contributed by atoms with Crippen LogP contribution in [0.3, 0.4) is 0 Å². The molecule has 0 aliphatic heterocycles. The number of aromatic nitrogens is 1. The molecule has 0 unspecified atom stereocenters. The summed E-state index contributed by atoms with van der Waals surface area (Å²) >= 11 is 4.64. The molecule has 1 aromatic heterocycles. The second-order valence-corrected chi connectivity index (χ2v) is 3.65. The smallest absolute Gasteiger partial charge is 0.324 e. The van der Waals surface area contributed by atoms with Crippen LogP contribution < -0.4 is 11.1 Å². The Morgan fingerprint density at radius 1 is 1.47 bits per heavy atom. The van der Waals surface area contributed by atoms with E-state index < -0.39 is 18.9 Å². The van der Waals surface area contributed by atoms with Gasteiger partial charge in [-0.2, -0.15) is 8.78 Å². The second kappa shape index (κ2) is 5.26. The summed E-state index contributed by atoms with van der Waals surface area (Å²) in [5, 5.41) is 2.16. The lowest BCUT2D eigenvalue weighted by Gasteiger charge is -2.16. The Morgan fingerprint density at radius 3 is 2.53 bits per heavy atom. The predicted molar refractivity (Wildman–Crippen MR) is 59.6 cm³/mol. The Morgan fingerprint density at radius 2 is 2.12 bits per heavy atom. The average Bonchev–Trinajstić information content (AvgIpc) is 2.27. The van der Waals surface area contributed by atoms with Crippen molar-refractivity contribution in [2.45, 2.75) is 12.3 Å². The summed E-state index contributed by atoms with van der Waals surface area (Å²) in [7, 11) is 0. The van der Waals surface area contributed by atoms with E-state index in [2.05, 4.69) is 22.5 Å². The summed E-state index contributed by atoms with van der Waals surface area (Å²) in [4.78, 5) is 3.83. The molecule has 0 radical (unpaired) electrons. The van der Waals surface area contributed by atoms with Crippen LogP contribution in [0.5, 0.6) is 0 Å². The number of halogens is 4. The van der Waals surface area contributed by atoms with Gasteiger partial charge in [-0.05, 0) is 12.1 Å². The number of hydrogen-bond acceptors (Lipinski definition) is 3. The number of pyridine rings is 1. The van der Waals surface area contributed by atoms with Gasteiger partial charge in [0.2, 0.25) is 0 Å². The zero-order valence-electron chi connectivity index (χ0n) is 8.46. The molecule has 0 atom stereocenters. The maximum atomic E-state index is 12.6. The fourth-order valence-electron chi connectivity index (χ4n) is 0.941. The monoisotopic (exact) mass is 267 g/mol. The number of rotatable bonds is 5. The molecular weight excluding hydrogens is 258 g/mol. The van der Waals surface area contributed by atoms with Gasteiger partial charge in [0, 0.05) is 0 Å². The molecule has 0 saturated carbocycles. The fraction of sp³-hybridized carbons (Fsp3) is 0.333. The van der Waals surface area contributed by atoms with Gasteiger partial charge >= 0.3 is 12.3 Å². The highest BCUT2D eigenvalue weighted by atomic mass is 32.1. The molecule has 0 aliphatic rings. The molecule has 3 N–H and O–H groups in total. The first-order valence-corrected chi connectivity index (χ1v) is 4.89. The molecule has 94 valence electrons. The van der Waals surface area contributed by atoms with E-state index in [0.29, 0.717) is 5.69 Å². The van der Waals surface area contributed by atoms with Crippen LogP contribution in [0.15, 0.2) is 18.3 Å². The van der Waals surface area contributed by atoms with Gasteiger partial charge in [-0.25, -0.2) is 8.78 Å². The largest absolute Gasteiger partial charge is 0.388 e. The van der Waals surface area contributed by atoms with Crippen LogP contribution in [-0.4, -0.2) is 28.9 Å². The van der Waals surface area contributed by atoms with Gasteiger partial charge in [0.05, 0.1) is 24.1 Å². The Balaban J connectivity index is 2.62. The lowest BCUT2D eigenvalue weighted by atomic mass is 10.3. The molecule has 8 heteroatoms. The number of nitrogens with one attached hydrogen (secondary N) is 1. The highest BCUT2D eigenvalue weighted by Gasteiger charge is 2.40. The van der Waals surface area contributed by atoms with Gasteiger partial charge in [-0.15, -0.1) is 0 Å². The van der Waals surface area contributed by atoms with Crippen molar-refractivity contribution in [2.75, 3.05) is 11.9 Å². The maximum absolute atomic E-state index is 12.6. The van der Waals surface area contributed by atoms with Gasteiger partial charge in [-0.1, -0.05) is 12.2 Å². The Bertz CT molecular complexity index is 394. The first kappa shape index (κ1) is 13.6. The van der Waals surface area contributed by atoms with Gasteiger partial charge < -0.3 is 11.1 Å². The van der Waals surface area contributed by atoms with Crippen molar-refractivity contribution < 1.29 is 17.6 Å². The number of anilines is 1. The van der Waals surface area contributed by atoms with Gasteiger partial charge in [0.15, 0.2) is 0 Å². The van der Waals surface area contributed by atoms with E-state index >= 15 is 0 Å². The number of hydrogen-bond donors (Lipinski definition) is 2. The molecule has 0 aliphatic carbocycles. The van der Waals surface area contributed by atoms with Crippen LogP contribution in [0.1, 0.15) is 5.69 Å². The van der Waals surface area contributed by atoms with Crippen molar-refractivity contribution in [3.05, 3.63) is 24.0 Å². The number of nitrogens with two attached hydrogens (primary N) is 1. The third-order valence-electron chi connectivity index (χ3n) is 1.86. The van der Waals surface area contributed by atoms with Crippen LogP contribution >= 0.6 is 12.2 Å². The van der Waals surface area contributed by atoms with Crippen molar-refractivity contribution in [2.24, 2.45) is 5.73 Å². The van der Waals surface area contributed by atoms with Crippen LogP contribution in [0, 0.1) is 0 Å². The Labute approximate surface area is 100 Å². The van der Waals surface area contributed by atoms with Gasteiger partial charge in [-0.3, -0.25) is 4.98 Å². The highest BCUT2D eigenvalue weighted by Crippen LogP contribution is 2.23. The van der Waals surface area contributed by atoms with Crippen molar-refractivity contribution in [1.29, 1.82) is 0 Å². The molecule has 0 bridgehead atoms. The van der Waals surface area contributed by atoms with Gasteiger partial charge in [0.1, 0.15) is 4.99 Å². The van der Waals surface area contributed by atoms with Crippen LogP contribution in [0.2, 0.25) is 0 Å². The van der Waals surface area contributed by atoms with Crippen LogP contribution in [0.25, 0.3) is 0 Å². The molecule has 1 rings (SSSR count). The molecule has 0 amide bonds. The minimum absolute atomic E-state index is 0.0643. The Kier molecular flexibility index (Phi) is 4.22. The summed E-state index contributed by atoms with van der Waals surface area (Å²) in [5.74, 6) is -4.08. The number of alkyl halides is 4. The van der Waals surface area contributed by atoms with E-state index in [1.807, 2.05) is 0 Å². The van der Waals surface area contributed by atoms with Crippen molar-refractivity contribution in [3.8, 4) is 0 Å². The summed E-state index contributed by atoms with van der Waals surface area (Å²) in [6.45, 7) is -1.17. The minimum Gasteiger partial charge on any atom is -0.388 e. The summed E-state index contributed by atoms with van der Waals surface area (Å²) in [5.41, 5.74) is 5.79. The molecule has 17 heavy (non-hydrogen) atoms. The summed E-state index contributed by atoms with van der Waals surface area (Å²) in [6.07, 6.45) is -2.52. The molecule has 0 fully saturated rings. The highest BCUT2D eigenvalue weighted by molar-refractivity contribution is 7.80. The molecule has 3 nitrogen and oxygen atoms in total. The standard InChI is InChI=1S/C9H9F4N3S/c10-8(11)9(12,13)4-16-5-1-2-6(7(14)17)15-3-5/h1-3,8,16H,4H2,(H2,14,17). The zero-order valence-corrected chi connectivity index (χ0v) is 9.28. The molecule has 0 aromatic carbocycles. The number of nitrogens with zero attached hydrogens (tertiary/aromatic N) is 1. The third-order valence-corrected chi connectivity index (χ3v) is 2.07.